The van der Waals surface area contributed by atoms with Crippen LogP contribution in [0.25, 0.3) is 0 Å². The van der Waals surface area contributed by atoms with E-state index in [1.54, 1.807) is 0 Å². The molecule has 1 aromatic rings. The van der Waals surface area contributed by atoms with Crippen LogP contribution in [0, 0.1) is 11.3 Å². The predicted molar refractivity (Wildman–Crippen MR) is 91.3 cm³/mol. The van der Waals surface area contributed by atoms with Gasteiger partial charge in [-0.1, -0.05) is 20.3 Å². The lowest BCUT2D eigenvalue weighted by atomic mass is 9.57. The second-order valence-electron chi connectivity index (χ2n) is 7.76. The summed E-state index contributed by atoms with van der Waals surface area (Å²) in [6.45, 7) is 6.09. The van der Waals surface area contributed by atoms with Gasteiger partial charge in [-0.3, -0.25) is 4.79 Å². The summed E-state index contributed by atoms with van der Waals surface area (Å²) in [5.74, 6) is 0.583. The molecule has 2 aliphatic rings. The van der Waals surface area contributed by atoms with Gasteiger partial charge in [0, 0.05) is 6.92 Å². The van der Waals surface area contributed by atoms with Crippen molar-refractivity contribution in [1.29, 1.82) is 0 Å². The van der Waals surface area contributed by atoms with Crippen molar-refractivity contribution in [2.75, 3.05) is 7.11 Å². The molecule has 1 aromatic carbocycles. The normalized spacial score (nSPS) is 24.5. The van der Waals surface area contributed by atoms with Crippen molar-refractivity contribution < 1.29 is 19.1 Å². The highest BCUT2D eigenvalue weighted by molar-refractivity contribution is 5.94. The Morgan fingerprint density at radius 3 is 2.62 bits per heavy atom. The maximum atomic E-state index is 12.1. The van der Waals surface area contributed by atoms with Gasteiger partial charge in [0.25, 0.3) is 0 Å². The molecule has 4 nitrogen and oxygen atoms in total. The van der Waals surface area contributed by atoms with Crippen molar-refractivity contribution in [2.24, 2.45) is 11.3 Å². The highest BCUT2D eigenvalue weighted by atomic mass is 16.5. The van der Waals surface area contributed by atoms with Crippen LogP contribution in [0.2, 0.25) is 0 Å². The SMILES string of the molecule is COC(=O)c1cc2c(cc1OC(C)=O)[C@H]1CCCC(C)(C)[C@@H]1CC2. The molecule has 0 heterocycles. The van der Waals surface area contributed by atoms with Gasteiger partial charge in [0.1, 0.15) is 11.3 Å². The Hall–Kier alpha value is -1.84. The Morgan fingerprint density at radius 2 is 1.96 bits per heavy atom. The van der Waals surface area contributed by atoms with Gasteiger partial charge in [-0.05, 0) is 66.2 Å². The van der Waals surface area contributed by atoms with Crippen LogP contribution in [-0.4, -0.2) is 19.0 Å². The van der Waals surface area contributed by atoms with Crippen LogP contribution in [0.5, 0.6) is 5.75 Å². The largest absolute Gasteiger partial charge is 0.465 e. The average Bonchev–Trinajstić information content (AvgIpc) is 2.52. The summed E-state index contributed by atoms with van der Waals surface area (Å²) in [5.41, 5.74) is 3.14. The molecule has 2 aliphatic carbocycles. The summed E-state index contributed by atoms with van der Waals surface area (Å²) >= 11 is 0. The first-order valence-corrected chi connectivity index (χ1v) is 8.77. The van der Waals surface area contributed by atoms with Crippen molar-refractivity contribution in [1.82, 2.24) is 0 Å². The van der Waals surface area contributed by atoms with Gasteiger partial charge in [0.05, 0.1) is 7.11 Å². The molecule has 0 spiro atoms. The number of esters is 2. The maximum Gasteiger partial charge on any atom is 0.341 e. The van der Waals surface area contributed by atoms with Gasteiger partial charge in [-0.2, -0.15) is 0 Å². The summed E-state index contributed by atoms with van der Waals surface area (Å²) in [6, 6.07) is 3.79. The highest BCUT2D eigenvalue weighted by Crippen LogP contribution is 2.54. The van der Waals surface area contributed by atoms with Gasteiger partial charge in [0.15, 0.2) is 0 Å². The molecule has 0 aliphatic heterocycles. The van der Waals surface area contributed by atoms with Gasteiger partial charge in [-0.15, -0.1) is 0 Å². The molecule has 0 bridgehead atoms. The van der Waals surface area contributed by atoms with E-state index in [4.69, 9.17) is 9.47 Å². The highest BCUT2D eigenvalue weighted by Gasteiger charge is 2.42. The Kier molecular flexibility index (Phi) is 4.41. The number of carbonyl (C=O) groups excluding carboxylic acids is 2. The minimum atomic E-state index is -0.458. The maximum absolute atomic E-state index is 12.1. The number of benzene rings is 1. The lowest BCUT2D eigenvalue weighted by molar-refractivity contribution is -0.131. The second-order valence-corrected chi connectivity index (χ2v) is 7.76. The summed E-state index contributed by atoms with van der Waals surface area (Å²) in [4.78, 5) is 23.5. The lowest BCUT2D eigenvalue weighted by Gasteiger charge is -2.47. The van der Waals surface area contributed by atoms with E-state index in [-0.39, 0.29) is 0 Å². The van der Waals surface area contributed by atoms with Gasteiger partial charge < -0.3 is 9.47 Å². The molecule has 0 amide bonds. The fraction of sp³-hybridized carbons (Fsp3) is 0.600. The summed E-state index contributed by atoms with van der Waals surface area (Å²) in [7, 11) is 1.35. The molecular formula is C20H26O4. The third kappa shape index (κ3) is 2.94. The number of ether oxygens (including phenoxy) is 2. The molecule has 3 rings (SSSR count). The summed E-state index contributed by atoms with van der Waals surface area (Å²) in [5, 5.41) is 0. The molecule has 0 unspecified atom stereocenters. The second kappa shape index (κ2) is 6.23. The molecule has 24 heavy (non-hydrogen) atoms. The topological polar surface area (TPSA) is 52.6 Å². The van der Waals surface area contributed by atoms with Crippen LogP contribution >= 0.6 is 0 Å². The standard InChI is InChI=1S/C20H26O4/c1-12(21)24-18-11-15-13(10-16(18)19(22)23-4)7-8-17-14(15)6-5-9-20(17,2)3/h10-11,14,17H,5-9H2,1-4H3/t14-,17-/m1/s1. The van der Waals surface area contributed by atoms with E-state index in [9.17, 15) is 9.59 Å². The first kappa shape index (κ1) is 17.0. The smallest absolute Gasteiger partial charge is 0.341 e. The molecule has 4 heteroatoms. The van der Waals surface area contributed by atoms with Crippen molar-refractivity contribution in [3.8, 4) is 5.75 Å². The van der Waals surface area contributed by atoms with Crippen LogP contribution in [0.1, 0.15) is 73.9 Å². The first-order valence-electron chi connectivity index (χ1n) is 8.77. The van der Waals surface area contributed by atoms with E-state index < -0.39 is 11.9 Å². The van der Waals surface area contributed by atoms with E-state index in [1.807, 2.05) is 12.1 Å². The van der Waals surface area contributed by atoms with Crippen LogP contribution in [0.15, 0.2) is 12.1 Å². The zero-order chi connectivity index (χ0) is 17.5. The fourth-order valence-electron chi connectivity index (χ4n) is 4.69. The van der Waals surface area contributed by atoms with Crippen LogP contribution < -0.4 is 4.74 Å². The van der Waals surface area contributed by atoms with E-state index in [0.717, 1.165) is 19.3 Å². The summed E-state index contributed by atoms with van der Waals surface area (Å²) < 4.78 is 10.2. The molecule has 2 atom stereocenters. The molecule has 1 fully saturated rings. The first-order chi connectivity index (χ1) is 11.3. The van der Waals surface area contributed by atoms with Crippen LogP contribution in [0.4, 0.5) is 0 Å². The third-order valence-electron chi connectivity index (χ3n) is 5.85. The minimum absolute atomic E-state index is 0.331. The Labute approximate surface area is 143 Å². The van der Waals surface area contributed by atoms with Gasteiger partial charge >= 0.3 is 11.9 Å². The zero-order valence-electron chi connectivity index (χ0n) is 15.0. The minimum Gasteiger partial charge on any atom is -0.465 e. The quantitative estimate of drug-likeness (QED) is 0.601. The Morgan fingerprint density at radius 1 is 1.21 bits per heavy atom. The average molecular weight is 330 g/mol. The number of rotatable bonds is 2. The van der Waals surface area contributed by atoms with E-state index in [0.29, 0.717) is 28.6 Å². The molecular weight excluding hydrogens is 304 g/mol. The van der Waals surface area contributed by atoms with Crippen molar-refractivity contribution >= 4 is 11.9 Å². The molecule has 130 valence electrons. The molecule has 0 aromatic heterocycles. The number of hydrogen-bond acceptors (Lipinski definition) is 4. The van der Waals surface area contributed by atoms with E-state index >= 15 is 0 Å². The third-order valence-corrected chi connectivity index (χ3v) is 5.85. The van der Waals surface area contributed by atoms with Crippen LogP contribution in [0.3, 0.4) is 0 Å². The number of fused-ring (bicyclic) bond motifs is 3. The predicted octanol–water partition coefficient (Wildman–Crippen LogP) is 4.25. The number of methoxy groups -OCH3 is 1. The van der Waals surface area contributed by atoms with Crippen molar-refractivity contribution in [2.45, 2.75) is 58.8 Å². The van der Waals surface area contributed by atoms with E-state index in [1.165, 1.54) is 38.0 Å². The number of carbonyl (C=O) groups is 2. The van der Waals surface area contributed by atoms with Crippen molar-refractivity contribution in [3.63, 3.8) is 0 Å². The van der Waals surface area contributed by atoms with Crippen LogP contribution in [-0.2, 0) is 16.0 Å². The molecule has 1 saturated carbocycles. The van der Waals surface area contributed by atoms with Gasteiger partial charge in [0.2, 0.25) is 0 Å². The Balaban J connectivity index is 2.07. The molecule has 0 N–H and O–H groups in total. The van der Waals surface area contributed by atoms with Gasteiger partial charge in [-0.25, -0.2) is 4.79 Å². The lowest BCUT2D eigenvalue weighted by Crippen LogP contribution is -2.36. The van der Waals surface area contributed by atoms with Crippen molar-refractivity contribution in [3.05, 3.63) is 28.8 Å². The monoisotopic (exact) mass is 330 g/mol. The Bertz CT molecular complexity index is 674. The number of aryl methyl sites for hydroxylation is 1. The summed E-state index contributed by atoms with van der Waals surface area (Å²) in [6.07, 6.45) is 5.76. The molecule has 0 saturated heterocycles. The fourth-order valence-corrected chi connectivity index (χ4v) is 4.69. The molecule has 0 radical (unpaired) electrons. The number of hydrogen-bond donors (Lipinski definition) is 0. The zero-order valence-corrected chi connectivity index (χ0v) is 15.0. The van der Waals surface area contributed by atoms with E-state index in [2.05, 4.69) is 13.8 Å².